The molecule has 0 atom stereocenters. The normalized spacial score (nSPS) is 15.3. The van der Waals surface area contributed by atoms with Crippen molar-refractivity contribution in [1.82, 2.24) is 15.0 Å². The molecule has 3 aromatic rings. The van der Waals surface area contributed by atoms with Crippen LogP contribution in [-0.2, 0) is 0 Å². The summed E-state index contributed by atoms with van der Waals surface area (Å²) in [6.45, 7) is 0. The molecule has 3 N–H and O–H groups in total. The van der Waals surface area contributed by atoms with Crippen LogP contribution in [0, 0.1) is 0 Å². The summed E-state index contributed by atoms with van der Waals surface area (Å²) >= 11 is 1.77. The number of pyridine rings is 1. The maximum absolute atomic E-state index is 5.93. The van der Waals surface area contributed by atoms with E-state index < -0.39 is 0 Å². The van der Waals surface area contributed by atoms with Crippen LogP contribution in [0.2, 0.25) is 0 Å². The molecule has 1 fully saturated rings. The van der Waals surface area contributed by atoms with Gasteiger partial charge < -0.3 is 10.7 Å². The predicted octanol–water partition coefficient (Wildman–Crippen LogP) is 3.15. The van der Waals surface area contributed by atoms with Crippen LogP contribution in [0.1, 0.15) is 23.6 Å². The zero-order chi connectivity index (χ0) is 12.1. The summed E-state index contributed by atoms with van der Waals surface area (Å²) in [6, 6.07) is 3.85. The Bertz CT molecular complexity index is 724. The number of nitrogens with two attached hydrogens (primary N) is 1. The minimum atomic E-state index is 0.751. The molecule has 0 saturated heterocycles. The van der Waals surface area contributed by atoms with E-state index in [0.717, 1.165) is 33.3 Å². The van der Waals surface area contributed by atoms with Gasteiger partial charge in [-0.1, -0.05) is 0 Å². The number of nitrogen functional groups attached to an aromatic ring is 1. The van der Waals surface area contributed by atoms with Gasteiger partial charge in [0.25, 0.3) is 0 Å². The number of thiazole rings is 1. The van der Waals surface area contributed by atoms with Gasteiger partial charge in [-0.15, -0.1) is 11.3 Å². The Hall–Kier alpha value is -1.88. The van der Waals surface area contributed by atoms with Gasteiger partial charge >= 0.3 is 0 Å². The number of nitrogens with zero attached hydrogens (tertiary/aromatic N) is 2. The Morgan fingerprint density at radius 1 is 1.33 bits per heavy atom. The second-order valence-electron chi connectivity index (χ2n) is 4.69. The maximum atomic E-state index is 5.93. The lowest BCUT2D eigenvalue weighted by atomic mass is 10.3. The quantitative estimate of drug-likeness (QED) is 0.740. The molecule has 0 aromatic carbocycles. The number of anilines is 1. The van der Waals surface area contributed by atoms with Gasteiger partial charge in [-0.3, -0.25) is 0 Å². The molecule has 3 aromatic heterocycles. The number of fused-ring (bicyclic) bond motifs is 1. The first kappa shape index (κ1) is 10.1. The molecule has 4 nitrogen and oxygen atoms in total. The van der Waals surface area contributed by atoms with Crippen LogP contribution in [-0.4, -0.2) is 15.0 Å². The van der Waals surface area contributed by atoms with Crippen molar-refractivity contribution in [3.05, 3.63) is 29.4 Å². The van der Waals surface area contributed by atoms with Crippen LogP contribution in [0.15, 0.2) is 24.5 Å². The number of hydrogen-bond acceptors (Lipinski definition) is 4. The van der Waals surface area contributed by atoms with Gasteiger partial charge in [-0.25, -0.2) is 9.97 Å². The van der Waals surface area contributed by atoms with E-state index in [-0.39, 0.29) is 0 Å². The Balaban J connectivity index is 1.82. The van der Waals surface area contributed by atoms with Crippen molar-refractivity contribution in [3.63, 3.8) is 0 Å². The molecule has 0 radical (unpaired) electrons. The van der Waals surface area contributed by atoms with E-state index >= 15 is 0 Å². The lowest BCUT2D eigenvalue weighted by molar-refractivity contribution is 1.16. The number of rotatable bonds is 2. The summed E-state index contributed by atoms with van der Waals surface area (Å²) in [6.07, 6.45) is 6.33. The summed E-state index contributed by atoms with van der Waals surface area (Å²) in [5, 5.41) is 1.99. The monoisotopic (exact) mass is 256 g/mol. The van der Waals surface area contributed by atoms with Crippen molar-refractivity contribution < 1.29 is 0 Å². The molecule has 0 amide bonds. The van der Waals surface area contributed by atoms with Crippen molar-refractivity contribution in [1.29, 1.82) is 0 Å². The molecule has 1 aliphatic carbocycles. The highest BCUT2D eigenvalue weighted by atomic mass is 32.1. The van der Waals surface area contributed by atoms with E-state index in [4.69, 9.17) is 5.73 Å². The van der Waals surface area contributed by atoms with Gasteiger partial charge in [0.1, 0.15) is 10.7 Å². The van der Waals surface area contributed by atoms with Gasteiger partial charge in [0, 0.05) is 28.3 Å². The first-order valence-corrected chi connectivity index (χ1v) is 6.82. The first-order valence-electron chi connectivity index (χ1n) is 6.00. The predicted molar refractivity (Wildman–Crippen MR) is 73.6 cm³/mol. The molecular weight excluding hydrogens is 244 g/mol. The summed E-state index contributed by atoms with van der Waals surface area (Å²) < 4.78 is 0. The first-order chi connectivity index (χ1) is 8.81. The number of nitrogens with one attached hydrogen (secondary N) is 1. The molecule has 0 bridgehead atoms. The minimum Gasteiger partial charge on any atom is -0.398 e. The molecule has 1 saturated carbocycles. The summed E-state index contributed by atoms with van der Waals surface area (Å²) in [4.78, 5) is 13.5. The van der Waals surface area contributed by atoms with Crippen molar-refractivity contribution in [2.24, 2.45) is 0 Å². The molecule has 90 valence electrons. The average Bonchev–Trinajstić information content (AvgIpc) is 2.93. The second-order valence-corrected chi connectivity index (χ2v) is 5.75. The van der Waals surface area contributed by atoms with Crippen LogP contribution in [0.3, 0.4) is 0 Å². The minimum absolute atomic E-state index is 0.751. The Morgan fingerprint density at radius 3 is 3.00 bits per heavy atom. The molecule has 18 heavy (non-hydrogen) atoms. The second kappa shape index (κ2) is 3.55. The molecule has 1 aliphatic rings. The highest BCUT2D eigenvalue weighted by molar-refractivity contribution is 7.15. The average molecular weight is 256 g/mol. The number of aromatic amines is 1. The lowest BCUT2D eigenvalue weighted by Crippen LogP contribution is -1.85. The standard InChI is InChI=1S/C13H12N4S/c14-9-3-4-15-12-8(9)5-10(17-12)13-16-6-11(18-13)7-1-2-7/h3-7H,1-2H2,(H3,14,15,17). The fourth-order valence-electron chi connectivity index (χ4n) is 2.13. The van der Waals surface area contributed by atoms with E-state index in [1.165, 1.54) is 17.7 Å². The molecule has 0 unspecified atom stereocenters. The lowest BCUT2D eigenvalue weighted by Gasteiger charge is -1.91. The van der Waals surface area contributed by atoms with Gasteiger partial charge in [-0.2, -0.15) is 0 Å². The SMILES string of the molecule is Nc1ccnc2[nH]c(-c3ncc(C4CC4)s3)cc12. The zero-order valence-electron chi connectivity index (χ0n) is 9.68. The Morgan fingerprint density at radius 2 is 2.22 bits per heavy atom. The molecule has 0 aliphatic heterocycles. The van der Waals surface area contributed by atoms with Crippen molar-refractivity contribution >= 4 is 28.1 Å². The molecule has 4 rings (SSSR count). The third kappa shape index (κ3) is 1.51. The van der Waals surface area contributed by atoms with E-state index in [0.29, 0.717) is 0 Å². The summed E-state index contributed by atoms with van der Waals surface area (Å²) in [5.41, 5.74) is 8.52. The molecule has 0 spiro atoms. The molecule has 3 heterocycles. The van der Waals surface area contributed by atoms with Crippen LogP contribution < -0.4 is 5.73 Å². The Labute approximate surface area is 108 Å². The molecular formula is C13H12N4S. The van der Waals surface area contributed by atoms with Gasteiger partial charge in [0.15, 0.2) is 0 Å². The maximum Gasteiger partial charge on any atom is 0.139 e. The third-order valence-electron chi connectivity index (χ3n) is 3.30. The summed E-state index contributed by atoms with van der Waals surface area (Å²) in [7, 11) is 0. The topological polar surface area (TPSA) is 67.6 Å². The fourth-order valence-corrected chi connectivity index (χ4v) is 3.19. The number of aromatic nitrogens is 3. The summed E-state index contributed by atoms with van der Waals surface area (Å²) in [5.74, 6) is 0.754. The zero-order valence-corrected chi connectivity index (χ0v) is 10.5. The number of hydrogen-bond donors (Lipinski definition) is 2. The Kier molecular flexibility index (Phi) is 1.99. The highest BCUT2D eigenvalue weighted by Crippen LogP contribution is 2.44. The van der Waals surface area contributed by atoms with Crippen LogP contribution in [0.25, 0.3) is 21.7 Å². The molecule has 5 heteroatoms. The smallest absolute Gasteiger partial charge is 0.139 e. The van der Waals surface area contributed by atoms with Gasteiger partial charge in [0.2, 0.25) is 0 Å². The van der Waals surface area contributed by atoms with Crippen molar-refractivity contribution in [2.75, 3.05) is 5.73 Å². The van der Waals surface area contributed by atoms with Gasteiger partial charge in [0.05, 0.1) is 5.69 Å². The van der Waals surface area contributed by atoms with Crippen LogP contribution >= 0.6 is 11.3 Å². The van der Waals surface area contributed by atoms with Crippen molar-refractivity contribution in [3.8, 4) is 10.7 Å². The van der Waals surface area contributed by atoms with E-state index in [9.17, 15) is 0 Å². The van der Waals surface area contributed by atoms with Crippen molar-refractivity contribution in [2.45, 2.75) is 18.8 Å². The third-order valence-corrected chi connectivity index (χ3v) is 4.49. The van der Waals surface area contributed by atoms with E-state index in [2.05, 4.69) is 15.0 Å². The van der Waals surface area contributed by atoms with E-state index in [1.807, 2.05) is 18.3 Å². The van der Waals surface area contributed by atoms with E-state index in [1.54, 1.807) is 17.5 Å². The van der Waals surface area contributed by atoms with Gasteiger partial charge in [-0.05, 0) is 30.9 Å². The highest BCUT2D eigenvalue weighted by Gasteiger charge is 2.26. The van der Waals surface area contributed by atoms with Crippen LogP contribution in [0.5, 0.6) is 0 Å². The van der Waals surface area contributed by atoms with Crippen LogP contribution in [0.4, 0.5) is 5.69 Å². The fraction of sp³-hybridized carbons (Fsp3) is 0.231. The largest absolute Gasteiger partial charge is 0.398 e. The number of H-pyrrole nitrogens is 1.